The van der Waals surface area contributed by atoms with Gasteiger partial charge in [-0.1, -0.05) is 22.6 Å². The summed E-state index contributed by atoms with van der Waals surface area (Å²) in [6.45, 7) is 0.555. The Bertz CT molecular complexity index is 683. The van der Waals surface area contributed by atoms with Crippen LogP contribution in [0.1, 0.15) is 6.42 Å². The lowest BCUT2D eigenvalue weighted by Crippen LogP contribution is -2.14. The number of nitrogens with one attached hydrogen (secondary N) is 1. The van der Waals surface area contributed by atoms with Gasteiger partial charge in [-0.05, 0) is 0 Å². The number of aromatic amines is 1. The number of nitrogens with two attached hydrogens (primary N) is 1. The topological polar surface area (TPSA) is 125 Å². The molecule has 0 aromatic carbocycles. The van der Waals surface area contributed by atoms with Gasteiger partial charge in [0, 0.05) is 4.43 Å². The standard InChI is InChI=1S/C11H14IN5O4/c12-2-1-7(18)21-4-3-20-6-17-5-14-8-9(17)15-11(13)16-10(8)19/h5H,1-4,6H2,(H3,13,15,16,19). The van der Waals surface area contributed by atoms with Crippen LogP contribution in [-0.4, -0.2) is 43.1 Å². The minimum absolute atomic E-state index is 0.0157. The Morgan fingerprint density at radius 3 is 3.05 bits per heavy atom. The minimum Gasteiger partial charge on any atom is -0.463 e. The Morgan fingerprint density at radius 1 is 1.48 bits per heavy atom. The molecule has 0 aliphatic carbocycles. The fourth-order valence-corrected chi connectivity index (χ4v) is 2.03. The Labute approximate surface area is 133 Å². The Morgan fingerprint density at radius 2 is 2.29 bits per heavy atom. The van der Waals surface area contributed by atoms with Crippen LogP contribution in [0.15, 0.2) is 11.1 Å². The molecule has 2 rings (SSSR count). The number of anilines is 1. The van der Waals surface area contributed by atoms with Gasteiger partial charge < -0.3 is 15.2 Å². The van der Waals surface area contributed by atoms with Gasteiger partial charge >= 0.3 is 5.97 Å². The van der Waals surface area contributed by atoms with E-state index in [1.54, 1.807) is 4.57 Å². The second-order valence-electron chi connectivity index (χ2n) is 4.03. The van der Waals surface area contributed by atoms with Gasteiger partial charge in [0.2, 0.25) is 5.95 Å². The lowest BCUT2D eigenvalue weighted by Gasteiger charge is -2.06. The molecule has 0 aliphatic heterocycles. The highest BCUT2D eigenvalue weighted by Gasteiger charge is 2.09. The number of esters is 1. The molecule has 21 heavy (non-hydrogen) atoms. The van der Waals surface area contributed by atoms with Gasteiger partial charge in [-0.3, -0.25) is 19.1 Å². The van der Waals surface area contributed by atoms with Crippen molar-refractivity contribution in [3.05, 3.63) is 16.7 Å². The van der Waals surface area contributed by atoms with Gasteiger partial charge in [0.05, 0.1) is 19.4 Å². The van der Waals surface area contributed by atoms with Crippen LogP contribution < -0.4 is 11.3 Å². The maximum atomic E-state index is 11.6. The largest absolute Gasteiger partial charge is 0.463 e. The van der Waals surface area contributed by atoms with Gasteiger partial charge in [0.1, 0.15) is 13.3 Å². The fraction of sp³-hybridized carbons (Fsp3) is 0.455. The normalized spacial score (nSPS) is 10.9. The van der Waals surface area contributed by atoms with Crippen LogP contribution in [0, 0.1) is 0 Å². The Hall–Kier alpha value is -1.69. The predicted octanol–water partition coefficient (Wildman–Crippen LogP) is 0.0442. The van der Waals surface area contributed by atoms with E-state index in [2.05, 4.69) is 37.5 Å². The second-order valence-corrected chi connectivity index (χ2v) is 5.11. The molecule has 0 radical (unpaired) electrons. The van der Waals surface area contributed by atoms with Gasteiger partial charge in [-0.15, -0.1) is 0 Å². The molecular weight excluding hydrogens is 393 g/mol. The highest BCUT2D eigenvalue weighted by molar-refractivity contribution is 14.1. The van der Waals surface area contributed by atoms with Crippen LogP contribution >= 0.6 is 22.6 Å². The average Bonchev–Trinajstić information content (AvgIpc) is 2.82. The average molecular weight is 407 g/mol. The number of nitrogens with zero attached hydrogens (tertiary/aromatic N) is 3. The van der Waals surface area contributed by atoms with Gasteiger partial charge in [0.15, 0.2) is 11.2 Å². The van der Waals surface area contributed by atoms with Crippen LogP contribution in [-0.2, 0) is 21.0 Å². The summed E-state index contributed by atoms with van der Waals surface area (Å²) in [7, 11) is 0. The molecule has 0 saturated carbocycles. The number of ether oxygens (including phenoxy) is 2. The summed E-state index contributed by atoms with van der Waals surface area (Å²) >= 11 is 2.10. The van der Waals surface area contributed by atoms with E-state index >= 15 is 0 Å². The number of imidazole rings is 1. The molecular formula is C11H14IN5O4. The number of alkyl halides is 1. The number of H-pyrrole nitrogens is 1. The number of halogens is 1. The van der Waals surface area contributed by atoms with Crippen LogP contribution in [0.5, 0.6) is 0 Å². The molecule has 2 aromatic rings. The van der Waals surface area contributed by atoms with E-state index in [9.17, 15) is 9.59 Å². The minimum atomic E-state index is -0.399. The van der Waals surface area contributed by atoms with Crippen LogP contribution in [0.25, 0.3) is 11.2 Å². The Balaban J connectivity index is 1.87. The zero-order valence-electron chi connectivity index (χ0n) is 11.0. The summed E-state index contributed by atoms with van der Waals surface area (Å²) in [6, 6.07) is 0. The number of carbonyl (C=O) groups is 1. The highest BCUT2D eigenvalue weighted by Crippen LogP contribution is 2.06. The van der Waals surface area contributed by atoms with Crippen LogP contribution in [0.4, 0.5) is 5.95 Å². The monoisotopic (exact) mass is 407 g/mol. The van der Waals surface area contributed by atoms with E-state index in [1.807, 2.05) is 0 Å². The van der Waals surface area contributed by atoms with Crippen LogP contribution in [0.2, 0.25) is 0 Å². The lowest BCUT2D eigenvalue weighted by atomic mass is 10.5. The van der Waals surface area contributed by atoms with Crippen molar-refractivity contribution in [3.63, 3.8) is 0 Å². The molecule has 0 bridgehead atoms. The van der Waals surface area contributed by atoms with E-state index in [0.29, 0.717) is 12.1 Å². The van der Waals surface area contributed by atoms with Crippen molar-refractivity contribution in [3.8, 4) is 0 Å². The van der Waals surface area contributed by atoms with Gasteiger partial charge in [0.25, 0.3) is 5.56 Å². The zero-order chi connectivity index (χ0) is 15.2. The third-order valence-electron chi connectivity index (χ3n) is 2.51. The van der Waals surface area contributed by atoms with E-state index in [1.165, 1.54) is 6.33 Å². The molecule has 114 valence electrons. The zero-order valence-corrected chi connectivity index (χ0v) is 13.2. The number of hydrogen-bond donors (Lipinski definition) is 2. The summed E-state index contributed by atoms with van der Waals surface area (Å²) < 4.78 is 12.6. The summed E-state index contributed by atoms with van der Waals surface area (Å²) in [5, 5.41) is 0. The third-order valence-corrected chi connectivity index (χ3v) is 3.05. The number of aromatic nitrogens is 4. The molecule has 0 spiro atoms. The number of rotatable bonds is 7. The maximum absolute atomic E-state index is 11.6. The molecule has 10 heteroatoms. The van der Waals surface area contributed by atoms with Crippen LogP contribution in [0.3, 0.4) is 0 Å². The third kappa shape index (κ3) is 4.14. The first-order valence-electron chi connectivity index (χ1n) is 6.11. The maximum Gasteiger partial charge on any atom is 0.306 e. The van der Waals surface area contributed by atoms with Crippen molar-refractivity contribution in [1.29, 1.82) is 0 Å². The number of carbonyl (C=O) groups excluding carboxylic acids is 1. The Kier molecular flexibility index (Phi) is 5.50. The molecule has 2 heterocycles. The smallest absolute Gasteiger partial charge is 0.306 e. The van der Waals surface area contributed by atoms with E-state index in [-0.39, 0.29) is 37.4 Å². The predicted molar refractivity (Wildman–Crippen MR) is 83.0 cm³/mol. The molecule has 9 nitrogen and oxygen atoms in total. The quantitative estimate of drug-likeness (QED) is 0.288. The summed E-state index contributed by atoms with van der Waals surface area (Å²) in [5.41, 5.74) is 5.63. The lowest BCUT2D eigenvalue weighted by molar-refractivity contribution is -0.145. The fourth-order valence-electron chi connectivity index (χ4n) is 1.59. The number of hydrogen-bond acceptors (Lipinski definition) is 7. The first kappa shape index (κ1) is 15.7. The summed E-state index contributed by atoms with van der Waals surface area (Å²) in [5.74, 6) is -0.232. The van der Waals surface area contributed by atoms with E-state index < -0.39 is 5.56 Å². The van der Waals surface area contributed by atoms with Gasteiger partial charge in [-0.2, -0.15) is 4.98 Å². The molecule has 0 atom stereocenters. The van der Waals surface area contributed by atoms with Crippen molar-refractivity contribution < 1.29 is 14.3 Å². The van der Waals surface area contributed by atoms with Crippen molar-refractivity contribution in [1.82, 2.24) is 19.5 Å². The second kappa shape index (κ2) is 7.36. The van der Waals surface area contributed by atoms with E-state index in [4.69, 9.17) is 15.2 Å². The number of fused-ring (bicyclic) bond motifs is 1. The number of nitrogen functional groups attached to an aromatic ring is 1. The molecule has 0 fully saturated rings. The summed E-state index contributed by atoms with van der Waals surface area (Å²) in [6.07, 6.45) is 1.83. The highest BCUT2D eigenvalue weighted by atomic mass is 127. The summed E-state index contributed by atoms with van der Waals surface area (Å²) in [4.78, 5) is 33.0. The van der Waals surface area contributed by atoms with E-state index in [0.717, 1.165) is 4.43 Å². The molecule has 0 saturated heterocycles. The van der Waals surface area contributed by atoms with Gasteiger partial charge in [-0.25, -0.2) is 4.98 Å². The molecule has 0 unspecified atom stereocenters. The first-order valence-corrected chi connectivity index (χ1v) is 7.64. The molecule has 0 amide bonds. The van der Waals surface area contributed by atoms with Crippen molar-refractivity contribution in [2.45, 2.75) is 13.2 Å². The van der Waals surface area contributed by atoms with Crippen molar-refractivity contribution in [2.75, 3.05) is 23.4 Å². The van der Waals surface area contributed by atoms with Crippen molar-refractivity contribution in [2.24, 2.45) is 0 Å². The molecule has 2 aromatic heterocycles. The first-order chi connectivity index (χ1) is 10.1. The SMILES string of the molecule is Nc1nc2c(ncn2COCCOC(=O)CCI)c(=O)[nH]1. The molecule has 3 N–H and O–H groups in total. The van der Waals surface area contributed by atoms with Crippen molar-refractivity contribution >= 4 is 45.7 Å². The molecule has 0 aliphatic rings.